The summed E-state index contributed by atoms with van der Waals surface area (Å²) in [5, 5.41) is 6.32. The first kappa shape index (κ1) is 16.0. The molecule has 1 aliphatic heterocycles. The van der Waals surface area contributed by atoms with Crippen molar-refractivity contribution in [3.8, 4) is 0 Å². The summed E-state index contributed by atoms with van der Waals surface area (Å²) in [4.78, 5) is 3.26. The van der Waals surface area contributed by atoms with E-state index in [1.165, 1.54) is 13.4 Å². The van der Waals surface area contributed by atoms with E-state index in [9.17, 15) is 17.2 Å². The van der Waals surface area contributed by atoms with Crippen molar-refractivity contribution in [2.75, 3.05) is 13.7 Å². The molecule has 1 aliphatic rings. The van der Waals surface area contributed by atoms with Gasteiger partial charge in [-0.05, 0) is 18.6 Å². The Morgan fingerprint density at radius 2 is 2.17 bits per heavy atom. The van der Waals surface area contributed by atoms with Crippen LogP contribution < -0.4 is 0 Å². The minimum atomic E-state index is -4.26. The molecule has 124 valence electrons. The number of H-pyrrole nitrogens is 1. The average molecular weight is 344 g/mol. The molecule has 2 heterocycles. The molecule has 23 heavy (non-hydrogen) atoms. The second-order valence-electron chi connectivity index (χ2n) is 5.11. The van der Waals surface area contributed by atoms with Gasteiger partial charge in [0.25, 0.3) is 0 Å². The maximum Gasteiger partial charge on any atom is 0.246 e. The van der Waals surface area contributed by atoms with Crippen LogP contribution >= 0.6 is 0 Å². The average Bonchev–Trinajstić information content (AvgIpc) is 3.18. The van der Waals surface area contributed by atoms with Crippen LogP contribution in [0.25, 0.3) is 0 Å². The molecule has 1 aromatic carbocycles. The number of halogens is 2. The minimum Gasteiger partial charge on any atom is -0.380 e. The molecule has 0 radical (unpaired) electrons. The molecular weight excluding hydrogens is 330 g/mol. The highest BCUT2D eigenvalue weighted by molar-refractivity contribution is 7.89. The van der Waals surface area contributed by atoms with Crippen LogP contribution in [-0.2, 0) is 14.8 Å². The summed E-state index contributed by atoms with van der Waals surface area (Å²) in [6.07, 6.45) is 1.21. The van der Waals surface area contributed by atoms with E-state index in [4.69, 9.17) is 4.74 Å². The van der Waals surface area contributed by atoms with Gasteiger partial charge in [-0.15, -0.1) is 0 Å². The summed E-state index contributed by atoms with van der Waals surface area (Å²) in [5.74, 6) is -2.29. The van der Waals surface area contributed by atoms with Gasteiger partial charge in [-0.1, -0.05) is 6.07 Å². The highest BCUT2D eigenvalue weighted by Crippen LogP contribution is 2.36. The van der Waals surface area contributed by atoms with Crippen molar-refractivity contribution in [3.05, 3.63) is 42.0 Å². The second kappa shape index (κ2) is 5.95. The third kappa shape index (κ3) is 2.73. The minimum absolute atomic E-state index is 0.0140. The van der Waals surface area contributed by atoms with Crippen LogP contribution in [0.5, 0.6) is 0 Å². The maximum absolute atomic E-state index is 14.0. The molecule has 2 atom stereocenters. The van der Waals surface area contributed by atoms with Gasteiger partial charge < -0.3 is 4.74 Å². The number of benzene rings is 1. The number of sulfonamides is 1. The van der Waals surface area contributed by atoms with E-state index in [-0.39, 0.29) is 12.6 Å². The van der Waals surface area contributed by atoms with Gasteiger partial charge in [-0.3, -0.25) is 5.10 Å². The van der Waals surface area contributed by atoms with E-state index >= 15 is 0 Å². The Balaban J connectivity index is 2.05. The SMILES string of the molecule is CO[C@@H]1C[C@@H](c2ncn[nH]2)N(S(=O)(=O)c2cccc(F)c2F)C1. The molecule has 0 spiro atoms. The van der Waals surface area contributed by atoms with Crippen LogP contribution in [0, 0.1) is 11.6 Å². The molecule has 0 saturated carbocycles. The molecule has 3 rings (SSSR count). The first-order valence-corrected chi connectivity index (χ1v) is 8.23. The van der Waals surface area contributed by atoms with E-state index in [1.54, 1.807) is 0 Å². The summed E-state index contributed by atoms with van der Waals surface area (Å²) in [7, 11) is -2.80. The van der Waals surface area contributed by atoms with Crippen LogP contribution in [0.2, 0.25) is 0 Å². The van der Waals surface area contributed by atoms with Crippen molar-refractivity contribution in [1.82, 2.24) is 19.5 Å². The quantitative estimate of drug-likeness (QED) is 0.901. The van der Waals surface area contributed by atoms with Crippen LogP contribution in [-0.4, -0.2) is 47.7 Å². The van der Waals surface area contributed by atoms with E-state index in [0.29, 0.717) is 12.2 Å². The number of hydrogen-bond donors (Lipinski definition) is 1. The molecular formula is C13H14F2N4O3S. The lowest BCUT2D eigenvalue weighted by molar-refractivity contribution is 0.114. The topological polar surface area (TPSA) is 88.2 Å². The van der Waals surface area contributed by atoms with Gasteiger partial charge in [0.05, 0.1) is 12.1 Å². The summed E-state index contributed by atoms with van der Waals surface area (Å²) >= 11 is 0. The fourth-order valence-corrected chi connectivity index (χ4v) is 4.35. The first-order valence-electron chi connectivity index (χ1n) is 6.79. The van der Waals surface area contributed by atoms with Crippen LogP contribution in [0.3, 0.4) is 0 Å². The Morgan fingerprint density at radius 3 is 2.83 bits per heavy atom. The largest absolute Gasteiger partial charge is 0.380 e. The number of ether oxygens (including phenoxy) is 1. The number of aromatic nitrogens is 3. The number of hydrogen-bond acceptors (Lipinski definition) is 5. The van der Waals surface area contributed by atoms with Gasteiger partial charge in [-0.25, -0.2) is 22.2 Å². The third-order valence-electron chi connectivity index (χ3n) is 3.80. The fraction of sp³-hybridized carbons (Fsp3) is 0.385. The fourth-order valence-electron chi connectivity index (χ4n) is 2.64. The maximum atomic E-state index is 14.0. The number of nitrogens with one attached hydrogen (secondary N) is 1. The van der Waals surface area contributed by atoms with Crippen LogP contribution in [0.4, 0.5) is 8.78 Å². The van der Waals surface area contributed by atoms with E-state index in [0.717, 1.165) is 22.5 Å². The summed E-state index contributed by atoms with van der Waals surface area (Å²) in [6.45, 7) is 0.0140. The zero-order valence-corrected chi connectivity index (χ0v) is 12.9. The Morgan fingerprint density at radius 1 is 1.39 bits per heavy atom. The van der Waals surface area contributed by atoms with Crippen molar-refractivity contribution in [1.29, 1.82) is 0 Å². The number of rotatable bonds is 4. The smallest absolute Gasteiger partial charge is 0.246 e. The van der Waals surface area contributed by atoms with Gasteiger partial charge >= 0.3 is 0 Å². The zero-order chi connectivity index (χ0) is 16.6. The van der Waals surface area contributed by atoms with Gasteiger partial charge in [0.1, 0.15) is 17.0 Å². The zero-order valence-electron chi connectivity index (χ0n) is 12.1. The van der Waals surface area contributed by atoms with Crippen LogP contribution in [0.15, 0.2) is 29.4 Å². The number of methoxy groups -OCH3 is 1. The van der Waals surface area contributed by atoms with Crippen molar-refractivity contribution in [3.63, 3.8) is 0 Å². The lowest BCUT2D eigenvalue weighted by Crippen LogP contribution is -2.33. The first-order chi connectivity index (χ1) is 10.9. The molecule has 7 nitrogen and oxygen atoms in total. The van der Waals surface area contributed by atoms with E-state index in [2.05, 4.69) is 15.2 Å². The van der Waals surface area contributed by atoms with E-state index < -0.39 is 32.6 Å². The molecule has 1 saturated heterocycles. The molecule has 1 aromatic heterocycles. The number of aromatic amines is 1. The number of nitrogens with zero attached hydrogens (tertiary/aromatic N) is 3. The lowest BCUT2D eigenvalue weighted by atomic mass is 10.2. The molecule has 0 bridgehead atoms. The van der Waals surface area contributed by atoms with Gasteiger partial charge in [0.15, 0.2) is 11.6 Å². The Hall–Kier alpha value is -1.91. The monoisotopic (exact) mass is 344 g/mol. The van der Waals surface area contributed by atoms with Gasteiger partial charge in [-0.2, -0.15) is 9.40 Å². The molecule has 0 aliphatic carbocycles. The standard InChI is InChI=1S/C13H14F2N4O3S/c1-22-8-5-10(13-16-7-17-18-13)19(6-8)23(20,21)11-4-2-3-9(14)12(11)15/h2-4,7-8,10H,5-6H2,1H3,(H,16,17,18)/t8-,10+/m1/s1. The highest BCUT2D eigenvalue weighted by atomic mass is 32.2. The molecule has 10 heteroatoms. The van der Waals surface area contributed by atoms with Crippen molar-refractivity contribution in [2.45, 2.75) is 23.5 Å². The molecule has 2 aromatic rings. The normalized spacial score (nSPS) is 22.6. The molecule has 1 N–H and O–H groups in total. The highest BCUT2D eigenvalue weighted by Gasteiger charge is 2.43. The van der Waals surface area contributed by atoms with Crippen LogP contribution in [0.1, 0.15) is 18.3 Å². The summed E-state index contributed by atoms with van der Waals surface area (Å²) in [6, 6.07) is 2.36. The molecule has 0 amide bonds. The summed E-state index contributed by atoms with van der Waals surface area (Å²) in [5.41, 5.74) is 0. The van der Waals surface area contributed by atoms with Crippen molar-refractivity contribution >= 4 is 10.0 Å². The van der Waals surface area contributed by atoms with Gasteiger partial charge in [0.2, 0.25) is 10.0 Å². The summed E-state index contributed by atoms with van der Waals surface area (Å²) < 4.78 is 59.2. The Kier molecular flexibility index (Phi) is 4.13. The Bertz CT molecular complexity index is 798. The van der Waals surface area contributed by atoms with Gasteiger partial charge in [0, 0.05) is 13.7 Å². The van der Waals surface area contributed by atoms with E-state index in [1.807, 2.05) is 0 Å². The predicted molar refractivity (Wildman–Crippen MR) is 74.8 cm³/mol. The van der Waals surface area contributed by atoms with Crippen molar-refractivity contribution < 1.29 is 21.9 Å². The predicted octanol–water partition coefficient (Wildman–Crippen LogP) is 1.23. The third-order valence-corrected chi connectivity index (χ3v) is 5.69. The van der Waals surface area contributed by atoms with Crippen molar-refractivity contribution in [2.24, 2.45) is 0 Å². The second-order valence-corrected chi connectivity index (χ2v) is 6.97. The molecule has 1 fully saturated rings. The Labute approximate surface area is 131 Å². The molecule has 0 unspecified atom stereocenters. The lowest BCUT2D eigenvalue weighted by Gasteiger charge is -2.22.